The molecule has 1 saturated heterocycles. The normalized spacial score (nSPS) is 14.2. The van der Waals surface area contributed by atoms with Crippen LogP contribution < -0.4 is 4.90 Å². The SMILES string of the molecule is Cc1ccc(C(=O)N2CCN(c3cc(C)nc(-c4ccc(C)cc4)n3)CC2)cc1. The molecule has 0 aliphatic carbocycles. The summed E-state index contributed by atoms with van der Waals surface area (Å²) in [6, 6.07) is 18.1. The van der Waals surface area contributed by atoms with Gasteiger partial charge < -0.3 is 9.80 Å². The molecule has 4 rings (SSSR count). The Kier molecular flexibility index (Phi) is 5.30. The molecule has 0 saturated carbocycles. The molecule has 5 heteroatoms. The Labute approximate surface area is 172 Å². The minimum atomic E-state index is 0.101. The molecule has 0 N–H and O–H groups in total. The fraction of sp³-hybridized carbons (Fsp3) is 0.292. The van der Waals surface area contributed by atoms with E-state index in [-0.39, 0.29) is 5.91 Å². The van der Waals surface area contributed by atoms with E-state index in [0.717, 1.165) is 47.1 Å². The number of hydrogen-bond donors (Lipinski definition) is 0. The number of amides is 1. The van der Waals surface area contributed by atoms with Gasteiger partial charge in [0.25, 0.3) is 5.91 Å². The molecule has 2 aromatic carbocycles. The van der Waals surface area contributed by atoms with Crippen molar-refractivity contribution in [1.82, 2.24) is 14.9 Å². The Balaban J connectivity index is 1.47. The fourth-order valence-corrected chi connectivity index (χ4v) is 3.56. The van der Waals surface area contributed by atoms with Crippen molar-refractivity contribution in [3.8, 4) is 11.4 Å². The third-order valence-electron chi connectivity index (χ3n) is 5.34. The second-order valence-electron chi connectivity index (χ2n) is 7.70. The molecule has 2 heterocycles. The largest absolute Gasteiger partial charge is 0.353 e. The first-order chi connectivity index (χ1) is 14.0. The molecule has 0 unspecified atom stereocenters. The van der Waals surface area contributed by atoms with E-state index in [4.69, 9.17) is 4.98 Å². The zero-order valence-corrected chi connectivity index (χ0v) is 17.2. The number of carbonyl (C=O) groups is 1. The zero-order chi connectivity index (χ0) is 20.4. The van der Waals surface area contributed by atoms with E-state index < -0.39 is 0 Å². The summed E-state index contributed by atoms with van der Waals surface area (Å²) in [7, 11) is 0. The van der Waals surface area contributed by atoms with Crippen LogP contribution in [0, 0.1) is 20.8 Å². The highest BCUT2D eigenvalue weighted by molar-refractivity contribution is 5.94. The first-order valence-electron chi connectivity index (χ1n) is 10.0. The summed E-state index contributed by atoms with van der Waals surface area (Å²) < 4.78 is 0. The van der Waals surface area contributed by atoms with Gasteiger partial charge in [-0.25, -0.2) is 9.97 Å². The Bertz CT molecular complexity index is 1000. The maximum absolute atomic E-state index is 12.8. The second-order valence-corrected chi connectivity index (χ2v) is 7.70. The molecule has 0 spiro atoms. The molecule has 29 heavy (non-hydrogen) atoms. The summed E-state index contributed by atoms with van der Waals surface area (Å²) >= 11 is 0. The Hall–Kier alpha value is -3.21. The predicted molar refractivity (Wildman–Crippen MR) is 116 cm³/mol. The van der Waals surface area contributed by atoms with E-state index in [1.54, 1.807) is 0 Å². The highest BCUT2D eigenvalue weighted by atomic mass is 16.2. The van der Waals surface area contributed by atoms with Crippen LogP contribution in [-0.2, 0) is 0 Å². The maximum Gasteiger partial charge on any atom is 0.253 e. The van der Waals surface area contributed by atoms with Crippen LogP contribution in [0.25, 0.3) is 11.4 Å². The van der Waals surface area contributed by atoms with Crippen molar-refractivity contribution in [2.24, 2.45) is 0 Å². The molecule has 0 radical (unpaired) electrons. The Morgan fingerprint density at radius 3 is 2.00 bits per heavy atom. The van der Waals surface area contributed by atoms with Crippen LogP contribution in [0.5, 0.6) is 0 Å². The van der Waals surface area contributed by atoms with E-state index in [0.29, 0.717) is 13.1 Å². The number of piperazine rings is 1. The van der Waals surface area contributed by atoms with Crippen LogP contribution in [0.4, 0.5) is 5.82 Å². The predicted octanol–water partition coefficient (Wildman–Crippen LogP) is 4.03. The Morgan fingerprint density at radius 2 is 1.38 bits per heavy atom. The van der Waals surface area contributed by atoms with Gasteiger partial charge in [0.2, 0.25) is 0 Å². The summed E-state index contributed by atoms with van der Waals surface area (Å²) in [5.74, 6) is 1.78. The van der Waals surface area contributed by atoms with E-state index in [9.17, 15) is 4.79 Å². The van der Waals surface area contributed by atoms with Gasteiger partial charge in [0.15, 0.2) is 5.82 Å². The van der Waals surface area contributed by atoms with Crippen LogP contribution >= 0.6 is 0 Å². The maximum atomic E-state index is 12.8. The molecule has 1 fully saturated rings. The van der Waals surface area contributed by atoms with Gasteiger partial charge in [-0.05, 0) is 32.9 Å². The third-order valence-corrected chi connectivity index (χ3v) is 5.34. The van der Waals surface area contributed by atoms with Gasteiger partial charge in [0.1, 0.15) is 5.82 Å². The van der Waals surface area contributed by atoms with Crippen LogP contribution in [0.1, 0.15) is 27.2 Å². The van der Waals surface area contributed by atoms with Gasteiger partial charge in [-0.15, -0.1) is 0 Å². The lowest BCUT2D eigenvalue weighted by Gasteiger charge is -2.35. The van der Waals surface area contributed by atoms with Crippen molar-refractivity contribution in [3.63, 3.8) is 0 Å². The topological polar surface area (TPSA) is 49.3 Å². The molecule has 1 aliphatic rings. The molecule has 5 nitrogen and oxygen atoms in total. The third kappa shape index (κ3) is 4.29. The lowest BCUT2D eigenvalue weighted by atomic mass is 10.1. The summed E-state index contributed by atoms with van der Waals surface area (Å²) in [5.41, 5.74) is 5.10. The summed E-state index contributed by atoms with van der Waals surface area (Å²) in [6.45, 7) is 9.01. The van der Waals surface area contributed by atoms with E-state index >= 15 is 0 Å². The van der Waals surface area contributed by atoms with Crippen LogP contribution in [0.15, 0.2) is 54.6 Å². The van der Waals surface area contributed by atoms with Crippen LogP contribution in [-0.4, -0.2) is 47.0 Å². The van der Waals surface area contributed by atoms with E-state index in [2.05, 4.69) is 41.1 Å². The van der Waals surface area contributed by atoms with Crippen molar-refractivity contribution in [2.45, 2.75) is 20.8 Å². The number of carbonyl (C=O) groups excluding carboxylic acids is 1. The van der Waals surface area contributed by atoms with E-state index in [1.165, 1.54) is 5.56 Å². The van der Waals surface area contributed by atoms with Crippen molar-refractivity contribution in [1.29, 1.82) is 0 Å². The van der Waals surface area contributed by atoms with Crippen LogP contribution in [0.2, 0.25) is 0 Å². The fourth-order valence-electron chi connectivity index (χ4n) is 3.56. The molecule has 148 valence electrons. The first kappa shape index (κ1) is 19.1. The number of aromatic nitrogens is 2. The van der Waals surface area contributed by atoms with Gasteiger partial charge in [0.05, 0.1) is 0 Å². The van der Waals surface area contributed by atoms with Gasteiger partial charge in [-0.1, -0.05) is 47.5 Å². The zero-order valence-electron chi connectivity index (χ0n) is 17.2. The monoisotopic (exact) mass is 386 g/mol. The average molecular weight is 386 g/mol. The van der Waals surface area contributed by atoms with Crippen molar-refractivity contribution < 1.29 is 4.79 Å². The van der Waals surface area contributed by atoms with Crippen molar-refractivity contribution in [3.05, 3.63) is 77.0 Å². The number of hydrogen-bond acceptors (Lipinski definition) is 4. The van der Waals surface area contributed by atoms with Gasteiger partial charge in [-0.3, -0.25) is 4.79 Å². The molecule has 1 amide bonds. The number of anilines is 1. The summed E-state index contributed by atoms with van der Waals surface area (Å²) in [4.78, 5) is 26.3. The highest BCUT2D eigenvalue weighted by Gasteiger charge is 2.23. The minimum absolute atomic E-state index is 0.101. The van der Waals surface area contributed by atoms with Gasteiger partial charge in [0, 0.05) is 49.1 Å². The molecule has 0 bridgehead atoms. The molecule has 3 aromatic rings. The Morgan fingerprint density at radius 1 is 0.793 bits per heavy atom. The van der Waals surface area contributed by atoms with Crippen molar-refractivity contribution >= 4 is 11.7 Å². The highest BCUT2D eigenvalue weighted by Crippen LogP contribution is 2.22. The second kappa shape index (κ2) is 8.03. The smallest absolute Gasteiger partial charge is 0.253 e. The van der Waals surface area contributed by atoms with Gasteiger partial charge >= 0.3 is 0 Å². The minimum Gasteiger partial charge on any atom is -0.353 e. The molecule has 1 aliphatic heterocycles. The van der Waals surface area contributed by atoms with Gasteiger partial charge in [-0.2, -0.15) is 0 Å². The standard InChI is InChI=1S/C24H26N4O/c1-17-4-8-20(9-5-17)23-25-19(3)16-22(26-23)27-12-14-28(15-13-27)24(29)21-10-6-18(2)7-11-21/h4-11,16H,12-15H2,1-3H3. The molecular formula is C24H26N4O. The number of nitrogens with zero attached hydrogens (tertiary/aromatic N) is 4. The summed E-state index contributed by atoms with van der Waals surface area (Å²) in [5, 5.41) is 0. The lowest BCUT2D eigenvalue weighted by Crippen LogP contribution is -2.49. The van der Waals surface area contributed by atoms with E-state index in [1.807, 2.05) is 49.1 Å². The number of rotatable bonds is 3. The number of aryl methyl sites for hydroxylation is 3. The number of benzene rings is 2. The average Bonchev–Trinajstić information content (AvgIpc) is 2.74. The van der Waals surface area contributed by atoms with Crippen molar-refractivity contribution in [2.75, 3.05) is 31.1 Å². The molecule has 0 atom stereocenters. The molecule has 1 aromatic heterocycles. The van der Waals surface area contributed by atoms with Crippen LogP contribution in [0.3, 0.4) is 0 Å². The molecular weight excluding hydrogens is 360 g/mol. The first-order valence-corrected chi connectivity index (χ1v) is 10.0. The lowest BCUT2D eigenvalue weighted by molar-refractivity contribution is 0.0746. The summed E-state index contributed by atoms with van der Waals surface area (Å²) in [6.07, 6.45) is 0. The quantitative estimate of drug-likeness (QED) is 0.682.